The van der Waals surface area contributed by atoms with E-state index in [2.05, 4.69) is 16.0 Å². The normalized spacial score (nSPS) is 16.3. The van der Waals surface area contributed by atoms with Gasteiger partial charge in [-0.25, -0.2) is 0 Å². The van der Waals surface area contributed by atoms with Crippen LogP contribution in [-0.4, -0.2) is 72.3 Å². The topological polar surface area (TPSA) is 120 Å². The Morgan fingerprint density at radius 3 is 2.22 bits per heavy atom. The molecular weight excluding hydrogens is 522 g/mol. The molecule has 0 saturated carbocycles. The zero-order valence-corrected chi connectivity index (χ0v) is 24.4. The fourth-order valence-electron chi connectivity index (χ4n) is 4.49. The molecule has 0 radical (unpaired) electrons. The highest BCUT2D eigenvalue weighted by molar-refractivity contribution is 5.94. The fraction of sp³-hybridized carbons (Fsp3) is 0.419. The van der Waals surface area contributed by atoms with Crippen molar-refractivity contribution in [2.45, 2.75) is 58.3 Å². The van der Waals surface area contributed by atoms with Crippen LogP contribution in [0.25, 0.3) is 0 Å². The van der Waals surface area contributed by atoms with E-state index in [0.29, 0.717) is 19.4 Å². The molecule has 3 rings (SSSR count). The standard InChI is InChI=1S/C31H41N5O5/c1-21(2)17-26(34-29(38)22(3)32-4)30(39)33-19-28(37)36-16-15-35(20-24-11-13-25(41-5)14-12-24)31(40)27(36)18-23-9-7-6-8-10-23/h6-16,21-22,26-27,32H,17-20H2,1-5H3,(H,33,39)(H,34,38)/t22-,26-,27-/m0/s1. The first kappa shape index (κ1) is 31.3. The lowest BCUT2D eigenvalue weighted by atomic mass is 10.0. The quantitative estimate of drug-likeness (QED) is 0.344. The Hall–Kier alpha value is -4.18. The maximum absolute atomic E-state index is 13.7. The SMILES string of the molecule is CN[C@@H](C)C(=O)N[C@@H](CC(C)C)C(=O)NCC(=O)N1C=CN(Cc2ccc(OC)cc2)C(=O)[C@@H]1Cc1ccccc1. The molecule has 0 bridgehead atoms. The van der Waals surface area contributed by atoms with E-state index in [1.54, 1.807) is 38.4 Å². The van der Waals surface area contributed by atoms with Gasteiger partial charge in [0, 0.05) is 18.8 Å². The van der Waals surface area contributed by atoms with Gasteiger partial charge in [-0.2, -0.15) is 0 Å². The number of methoxy groups -OCH3 is 1. The van der Waals surface area contributed by atoms with Crippen LogP contribution in [0.3, 0.4) is 0 Å². The second-order valence-electron chi connectivity index (χ2n) is 10.5. The maximum atomic E-state index is 13.7. The Labute approximate surface area is 242 Å². The third kappa shape index (κ3) is 8.91. The molecule has 1 heterocycles. The molecule has 1 aliphatic heterocycles. The van der Waals surface area contributed by atoms with Gasteiger partial charge in [0.15, 0.2) is 0 Å². The molecular formula is C31H41N5O5. The molecule has 0 fully saturated rings. The van der Waals surface area contributed by atoms with E-state index in [4.69, 9.17) is 4.74 Å². The predicted octanol–water partition coefficient (Wildman–Crippen LogP) is 2.20. The zero-order chi connectivity index (χ0) is 29.9. The Bertz CT molecular complexity index is 1220. The molecule has 3 N–H and O–H groups in total. The molecule has 220 valence electrons. The van der Waals surface area contributed by atoms with Crippen LogP contribution in [0.1, 0.15) is 38.3 Å². The van der Waals surface area contributed by atoms with Gasteiger partial charge in [-0.1, -0.05) is 56.3 Å². The smallest absolute Gasteiger partial charge is 0.250 e. The summed E-state index contributed by atoms with van der Waals surface area (Å²) in [5.74, 6) is -0.534. The number of hydrogen-bond acceptors (Lipinski definition) is 6. The lowest BCUT2D eigenvalue weighted by Crippen LogP contribution is -2.55. The van der Waals surface area contributed by atoms with Gasteiger partial charge in [0.25, 0.3) is 0 Å². The van der Waals surface area contributed by atoms with Gasteiger partial charge in [0.05, 0.1) is 26.2 Å². The third-order valence-corrected chi connectivity index (χ3v) is 6.96. The first-order chi connectivity index (χ1) is 19.6. The van der Waals surface area contributed by atoms with Gasteiger partial charge >= 0.3 is 0 Å². The third-order valence-electron chi connectivity index (χ3n) is 6.96. The Morgan fingerprint density at radius 1 is 0.927 bits per heavy atom. The molecule has 0 spiro atoms. The van der Waals surface area contributed by atoms with Crippen LogP contribution in [0.15, 0.2) is 67.0 Å². The summed E-state index contributed by atoms with van der Waals surface area (Å²) in [7, 11) is 3.26. The summed E-state index contributed by atoms with van der Waals surface area (Å²) in [6.45, 7) is 5.63. The van der Waals surface area contributed by atoms with E-state index in [0.717, 1.165) is 16.9 Å². The summed E-state index contributed by atoms with van der Waals surface area (Å²) in [6, 6.07) is 14.9. The number of carbonyl (C=O) groups is 4. The van der Waals surface area contributed by atoms with Crippen LogP contribution in [-0.2, 0) is 32.1 Å². The van der Waals surface area contributed by atoms with Crippen molar-refractivity contribution in [1.29, 1.82) is 0 Å². The Morgan fingerprint density at radius 2 is 1.61 bits per heavy atom. The van der Waals surface area contributed by atoms with Crippen LogP contribution < -0.4 is 20.7 Å². The highest BCUT2D eigenvalue weighted by Gasteiger charge is 2.35. The first-order valence-corrected chi connectivity index (χ1v) is 13.8. The summed E-state index contributed by atoms with van der Waals surface area (Å²) in [5, 5.41) is 8.29. The average Bonchev–Trinajstić information content (AvgIpc) is 2.97. The molecule has 0 aliphatic carbocycles. The number of rotatable bonds is 13. The maximum Gasteiger partial charge on any atom is 0.250 e. The van der Waals surface area contributed by atoms with Crippen molar-refractivity contribution in [3.8, 4) is 5.75 Å². The minimum Gasteiger partial charge on any atom is -0.497 e. The van der Waals surface area contributed by atoms with Crippen LogP contribution in [0.4, 0.5) is 0 Å². The molecule has 10 nitrogen and oxygen atoms in total. The van der Waals surface area contributed by atoms with Gasteiger partial charge in [0.1, 0.15) is 17.8 Å². The number of nitrogens with zero attached hydrogens (tertiary/aromatic N) is 2. The average molecular weight is 564 g/mol. The Kier molecular flexibility index (Phi) is 11.5. The second kappa shape index (κ2) is 15.0. The van der Waals surface area contributed by atoms with Crippen molar-refractivity contribution < 1.29 is 23.9 Å². The predicted molar refractivity (Wildman–Crippen MR) is 156 cm³/mol. The summed E-state index contributed by atoms with van der Waals surface area (Å²) in [6.07, 6.45) is 3.92. The van der Waals surface area contributed by atoms with Crippen molar-refractivity contribution in [3.63, 3.8) is 0 Å². The number of nitrogens with one attached hydrogen (secondary N) is 3. The number of ether oxygens (including phenoxy) is 1. The highest BCUT2D eigenvalue weighted by Crippen LogP contribution is 2.21. The number of likely N-dealkylation sites (N-methyl/N-ethyl adjacent to an activating group) is 1. The molecule has 0 saturated heterocycles. The van der Waals surface area contributed by atoms with Crippen molar-refractivity contribution in [2.24, 2.45) is 5.92 Å². The van der Waals surface area contributed by atoms with Crippen molar-refractivity contribution in [1.82, 2.24) is 25.8 Å². The van der Waals surface area contributed by atoms with Gasteiger partial charge in [-0.15, -0.1) is 0 Å². The molecule has 2 aromatic carbocycles. The zero-order valence-electron chi connectivity index (χ0n) is 24.4. The molecule has 4 amide bonds. The van der Waals surface area contributed by atoms with E-state index in [1.165, 1.54) is 4.90 Å². The van der Waals surface area contributed by atoms with E-state index in [9.17, 15) is 19.2 Å². The van der Waals surface area contributed by atoms with Crippen LogP contribution in [0.2, 0.25) is 0 Å². The molecule has 2 aromatic rings. The van der Waals surface area contributed by atoms with Gasteiger partial charge < -0.3 is 30.5 Å². The summed E-state index contributed by atoms with van der Waals surface area (Å²) < 4.78 is 5.22. The second-order valence-corrected chi connectivity index (χ2v) is 10.5. The largest absolute Gasteiger partial charge is 0.497 e. The lowest BCUT2D eigenvalue weighted by molar-refractivity contribution is -0.143. The lowest BCUT2D eigenvalue weighted by Gasteiger charge is -2.36. The molecule has 41 heavy (non-hydrogen) atoms. The van der Waals surface area contributed by atoms with Crippen molar-refractivity contribution >= 4 is 23.6 Å². The first-order valence-electron chi connectivity index (χ1n) is 13.8. The minimum absolute atomic E-state index is 0.140. The van der Waals surface area contributed by atoms with Crippen molar-refractivity contribution in [3.05, 3.63) is 78.1 Å². The van der Waals surface area contributed by atoms with Gasteiger partial charge in [-0.3, -0.25) is 19.2 Å². The van der Waals surface area contributed by atoms with Crippen LogP contribution in [0, 0.1) is 5.92 Å². The van der Waals surface area contributed by atoms with E-state index >= 15 is 0 Å². The number of hydrogen-bond donors (Lipinski definition) is 3. The number of amides is 4. The van der Waals surface area contributed by atoms with E-state index < -0.39 is 29.9 Å². The van der Waals surface area contributed by atoms with Gasteiger partial charge in [0.2, 0.25) is 23.6 Å². The van der Waals surface area contributed by atoms with E-state index in [-0.39, 0.29) is 24.3 Å². The molecule has 0 aromatic heterocycles. The Balaban J connectivity index is 1.74. The molecule has 1 aliphatic rings. The minimum atomic E-state index is -0.787. The fourth-order valence-corrected chi connectivity index (χ4v) is 4.49. The summed E-state index contributed by atoms with van der Waals surface area (Å²) >= 11 is 0. The summed E-state index contributed by atoms with van der Waals surface area (Å²) in [5.41, 5.74) is 1.82. The monoisotopic (exact) mass is 563 g/mol. The molecule has 0 unspecified atom stereocenters. The van der Waals surface area contributed by atoms with Crippen LogP contribution >= 0.6 is 0 Å². The molecule has 10 heteroatoms. The van der Waals surface area contributed by atoms with Gasteiger partial charge in [-0.05, 0) is 49.6 Å². The number of carbonyl (C=O) groups excluding carboxylic acids is 4. The molecule has 3 atom stereocenters. The summed E-state index contributed by atoms with van der Waals surface area (Å²) in [4.78, 5) is 55.5. The number of benzene rings is 2. The van der Waals surface area contributed by atoms with Crippen molar-refractivity contribution in [2.75, 3.05) is 20.7 Å². The van der Waals surface area contributed by atoms with E-state index in [1.807, 2.05) is 68.4 Å². The van der Waals surface area contributed by atoms with Crippen LogP contribution in [0.5, 0.6) is 5.75 Å². The highest BCUT2D eigenvalue weighted by atomic mass is 16.5.